The van der Waals surface area contributed by atoms with Crippen LogP contribution in [0.3, 0.4) is 0 Å². The molecule has 182 valence electrons. The van der Waals surface area contributed by atoms with Gasteiger partial charge in [0.15, 0.2) is 5.76 Å². The lowest BCUT2D eigenvalue weighted by atomic mass is 10.0. The van der Waals surface area contributed by atoms with Gasteiger partial charge in [0.1, 0.15) is 17.7 Å². The third-order valence-electron chi connectivity index (χ3n) is 5.92. The second kappa shape index (κ2) is 10.9. The number of carbonyl (C=O) groups excluding carboxylic acids is 3. The van der Waals surface area contributed by atoms with Crippen molar-refractivity contribution in [3.05, 3.63) is 89.9 Å². The van der Waals surface area contributed by atoms with Crippen LogP contribution in [-0.4, -0.2) is 30.3 Å². The number of furan rings is 1. The third kappa shape index (κ3) is 5.74. The van der Waals surface area contributed by atoms with Gasteiger partial charge >= 0.3 is 0 Å². The first kappa shape index (κ1) is 24.1. The highest BCUT2D eigenvalue weighted by Gasteiger charge is 2.35. The van der Waals surface area contributed by atoms with Crippen molar-refractivity contribution in [2.75, 3.05) is 11.4 Å². The van der Waals surface area contributed by atoms with E-state index >= 15 is 0 Å². The van der Waals surface area contributed by atoms with E-state index in [0.717, 1.165) is 30.6 Å². The van der Waals surface area contributed by atoms with Crippen molar-refractivity contribution in [1.82, 2.24) is 10.6 Å². The van der Waals surface area contributed by atoms with Crippen LogP contribution in [0.1, 0.15) is 47.8 Å². The number of nitrogens with zero attached hydrogens (tertiary/aromatic N) is 1. The Bertz CT molecular complexity index is 1180. The van der Waals surface area contributed by atoms with Crippen LogP contribution in [0, 0.1) is 11.6 Å². The number of hydrogen-bond donors (Lipinski definition) is 2. The predicted octanol–water partition coefficient (Wildman–Crippen LogP) is 4.12. The van der Waals surface area contributed by atoms with Gasteiger partial charge in [-0.2, -0.15) is 0 Å². The molecule has 1 saturated carbocycles. The van der Waals surface area contributed by atoms with Crippen LogP contribution in [0.25, 0.3) is 0 Å². The van der Waals surface area contributed by atoms with Gasteiger partial charge < -0.3 is 15.1 Å². The van der Waals surface area contributed by atoms with Gasteiger partial charge in [-0.1, -0.05) is 37.1 Å². The molecule has 1 atom stereocenters. The Morgan fingerprint density at radius 1 is 0.971 bits per heavy atom. The highest BCUT2D eigenvalue weighted by Crippen LogP contribution is 2.31. The van der Waals surface area contributed by atoms with E-state index in [4.69, 9.17) is 4.42 Å². The molecule has 7 nitrogen and oxygen atoms in total. The van der Waals surface area contributed by atoms with E-state index in [1.54, 1.807) is 0 Å². The molecule has 35 heavy (non-hydrogen) atoms. The first-order valence-corrected chi connectivity index (χ1v) is 11.4. The second-order valence-electron chi connectivity index (χ2n) is 8.32. The molecule has 3 amide bonds. The molecule has 1 aromatic heterocycles. The van der Waals surface area contributed by atoms with E-state index in [2.05, 4.69) is 10.6 Å². The summed E-state index contributed by atoms with van der Waals surface area (Å²) < 4.78 is 33.7. The van der Waals surface area contributed by atoms with E-state index in [0.29, 0.717) is 5.56 Å². The summed E-state index contributed by atoms with van der Waals surface area (Å²) in [5.41, 5.74) is 0.163. The lowest BCUT2D eigenvalue weighted by Gasteiger charge is -2.32. The number of rotatable bonds is 8. The third-order valence-corrected chi connectivity index (χ3v) is 5.92. The lowest BCUT2D eigenvalue weighted by Crippen LogP contribution is -2.49. The normalized spacial score (nSPS) is 14.3. The van der Waals surface area contributed by atoms with Gasteiger partial charge in [-0.05, 0) is 54.8 Å². The molecule has 2 N–H and O–H groups in total. The molecule has 1 unspecified atom stereocenters. The largest absolute Gasteiger partial charge is 0.459 e. The maximum Gasteiger partial charge on any atom is 0.287 e. The summed E-state index contributed by atoms with van der Waals surface area (Å²) in [6, 6.07) is 12.3. The minimum Gasteiger partial charge on any atom is -0.459 e. The van der Waals surface area contributed by atoms with E-state index < -0.39 is 41.9 Å². The Labute approximate surface area is 201 Å². The fourth-order valence-corrected chi connectivity index (χ4v) is 4.21. The summed E-state index contributed by atoms with van der Waals surface area (Å²) in [5.74, 6) is -3.12. The molecule has 1 fully saturated rings. The maximum absolute atomic E-state index is 14.9. The monoisotopic (exact) mass is 481 g/mol. The topological polar surface area (TPSA) is 91.7 Å². The number of amides is 3. The molecule has 3 aromatic rings. The summed E-state index contributed by atoms with van der Waals surface area (Å²) in [6.07, 6.45) is 4.87. The highest BCUT2D eigenvalue weighted by atomic mass is 19.1. The molecule has 1 aliphatic carbocycles. The molecule has 0 saturated heterocycles. The Hall–Kier alpha value is -4.01. The molecule has 1 heterocycles. The average Bonchev–Trinajstić information content (AvgIpc) is 3.57. The number of halogens is 2. The van der Waals surface area contributed by atoms with E-state index in [1.807, 2.05) is 0 Å². The van der Waals surface area contributed by atoms with Crippen LogP contribution in [0.5, 0.6) is 0 Å². The zero-order valence-corrected chi connectivity index (χ0v) is 18.9. The molecule has 0 aliphatic heterocycles. The van der Waals surface area contributed by atoms with Crippen LogP contribution in [0.15, 0.2) is 71.3 Å². The molecule has 0 radical (unpaired) electrons. The van der Waals surface area contributed by atoms with Gasteiger partial charge in [0, 0.05) is 6.04 Å². The van der Waals surface area contributed by atoms with Crippen molar-refractivity contribution in [2.24, 2.45) is 0 Å². The van der Waals surface area contributed by atoms with Crippen LogP contribution in [-0.2, 0) is 9.59 Å². The summed E-state index contributed by atoms with van der Waals surface area (Å²) in [6.45, 7) is -0.526. The zero-order valence-electron chi connectivity index (χ0n) is 18.9. The van der Waals surface area contributed by atoms with Crippen molar-refractivity contribution in [3.8, 4) is 0 Å². The molecule has 2 aromatic carbocycles. The molecule has 4 rings (SSSR count). The maximum atomic E-state index is 14.9. The van der Waals surface area contributed by atoms with Crippen molar-refractivity contribution in [2.45, 2.75) is 37.8 Å². The van der Waals surface area contributed by atoms with Crippen molar-refractivity contribution in [3.63, 3.8) is 0 Å². The smallest absolute Gasteiger partial charge is 0.287 e. The molecular formula is C26H25F2N3O4. The highest BCUT2D eigenvalue weighted by molar-refractivity contribution is 6.04. The standard InChI is InChI=1S/C26H25F2N3O4/c27-18-13-11-17(12-14-18)24(26(34)30-19-6-1-2-7-19)31(21-9-4-3-8-20(21)28)23(32)16-29-25(33)22-10-5-15-35-22/h3-5,8-15,19,24H,1-2,6-7,16H2,(H,29,33)(H,30,34). The zero-order chi connectivity index (χ0) is 24.8. The lowest BCUT2D eigenvalue weighted by molar-refractivity contribution is -0.126. The van der Waals surface area contributed by atoms with Gasteiger partial charge in [0.25, 0.3) is 5.91 Å². The number of para-hydroxylation sites is 1. The van der Waals surface area contributed by atoms with Gasteiger partial charge in [0.2, 0.25) is 11.8 Å². The van der Waals surface area contributed by atoms with E-state index in [9.17, 15) is 23.2 Å². The number of nitrogens with one attached hydrogen (secondary N) is 2. The van der Waals surface area contributed by atoms with Crippen LogP contribution in [0.2, 0.25) is 0 Å². The Morgan fingerprint density at radius 2 is 1.69 bits per heavy atom. The average molecular weight is 481 g/mol. The Balaban J connectivity index is 1.69. The SMILES string of the molecule is O=C(NCC(=O)N(c1ccccc1F)C(C(=O)NC1CCCC1)c1ccc(F)cc1)c1ccco1. The van der Waals surface area contributed by atoms with Gasteiger partial charge in [0.05, 0.1) is 18.5 Å². The number of benzene rings is 2. The van der Waals surface area contributed by atoms with Crippen molar-refractivity contribution < 1.29 is 27.6 Å². The summed E-state index contributed by atoms with van der Waals surface area (Å²) in [4.78, 5) is 40.3. The summed E-state index contributed by atoms with van der Waals surface area (Å²) in [7, 11) is 0. The molecule has 0 spiro atoms. The quantitative estimate of drug-likeness (QED) is 0.506. The van der Waals surface area contributed by atoms with Crippen molar-refractivity contribution >= 4 is 23.4 Å². The number of anilines is 1. The molecule has 9 heteroatoms. The first-order chi connectivity index (χ1) is 16.9. The predicted molar refractivity (Wildman–Crippen MR) is 124 cm³/mol. The fraction of sp³-hybridized carbons (Fsp3) is 0.269. The minimum absolute atomic E-state index is 0.00398. The molecular weight excluding hydrogens is 456 g/mol. The van der Waals surface area contributed by atoms with E-state index in [1.165, 1.54) is 66.9 Å². The summed E-state index contributed by atoms with van der Waals surface area (Å²) in [5, 5.41) is 5.40. The first-order valence-electron chi connectivity index (χ1n) is 11.4. The van der Waals surface area contributed by atoms with Crippen LogP contribution < -0.4 is 15.5 Å². The fourth-order valence-electron chi connectivity index (χ4n) is 4.21. The Kier molecular flexibility index (Phi) is 7.54. The van der Waals surface area contributed by atoms with Crippen LogP contribution >= 0.6 is 0 Å². The molecule has 1 aliphatic rings. The molecule has 0 bridgehead atoms. The van der Waals surface area contributed by atoms with Gasteiger partial charge in [-0.15, -0.1) is 0 Å². The minimum atomic E-state index is -1.29. The second-order valence-corrected chi connectivity index (χ2v) is 8.32. The van der Waals surface area contributed by atoms with Crippen molar-refractivity contribution in [1.29, 1.82) is 0 Å². The van der Waals surface area contributed by atoms with Gasteiger partial charge in [-0.3, -0.25) is 19.3 Å². The van der Waals surface area contributed by atoms with E-state index in [-0.39, 0.29) is 17.5 Å². The number of hydrogen-bond acceptors (Lipinski definition) is 4. The Morgan fingerprint density at radius 3 is 2.34 bits per heavy atom. The van der Waals surface area contributed by atoms with Gasteiger partial charge in [-0.25, -0.2) is 8.78 Å². The summed E-state index contributed by atoms with van der Waals surface area (Å²) >= 11 is 0. The van der Waals surface area contributed by atoms with Crippen LogP contribution in [0.4, 0.5) is 14.5 Å². The number of carbonyl (C=O) groups is 3.